The number of hydrogen-bond donors (Lipinski definition) is 1. The summed E-state index contributed by atoms with van der Waals surface area (Å²) >= 11 is 3.46. The summed E-state index contributed by atoms with van der Waals surface area (Å²) in [6.07, 6.45) is 0.939. The van der Waals surface area contributed by atoms with Gasteiger partial charge in [0.25, 0.3) is 0 Å². The Morgan fingerprint density at radius 1 is 1.44 bits per heavy atom. The molecule has 1 heterocycles. The van der Waals surface area contributed by atoms with Crippen molar-refractivity contribution in [1.82, 2.24) is 5.32 Å². The largest absolute Gasteiger partial charge is 0.459 e. The lowest BCUT2D eigenvalue weighted by molar-refractivity contribution is -0.157. The molecule has 1 aliphatic heterocycles. The summed E-state index contributed by atoms with van der Waals surface area (Å²) in [5, 5.41) is 3.23. The lowest BCUT2D eigenvalue weighted by atomic mass is 9.94. The van der Waals surface area contributed by atoms with Crippen LogP contribution in [0.15, 0.2) is 22.7 Å². The maximum absolute atomic E-state index is 12.2. The fraction of sp³-hybridized carbons (Fsp3) is 0.500. The summed E-state index contributed by atoms with van der Waals surface area (Å²) in [4.78, 5) is 12.2. The highest BCUT2D eigenvalue weighted by atomic mass is 79.9. The van der Waals surface area contributed by atoms with Gasteiger partial charge in [-0.3, -0.25) is 0 Å². The molecule has 0 bridgehead atoms. The normalized spacial score (nSPS) is 19.2. The van der Waals surface area contributed by atoms with E-state index in [0.717, 1.165) is 23.0 Å². The molecule has 4 heteroatoms. The topological polar surface area (TPSA) is 38.3 Å². The highest BCUT2D eigenvalue weighted by Crippen LogP contribution is 2.27. The Labute approximate surface area is 116 Å². The van der Waals surface area contributed by atoms with Crippen LogP contribution < -0.4 is 5.32 Å². The van der Waals surface area contributed by atoms with Crippen molar-refractivity contribution >= 4 is 21.9 Å². The number of esters is 1. The molecule has 1 atom stereocenters. The molecule has 0 fully saturated rings. The van der Waals surface area contributed by atoms with Crippen molar-refractivity contribution < 1.29 is 9.53 Å². The average molecular weight is 312 g/mol. The van der Waals surface area contributed by atoms with Crippen molar-refractivity contribution in [3.05, 3.63) is 33.8 Å². The van der Waals surface area contributed by atoms with Crippen LogP contribution in [0.25, 0.3) is 0 Å². The van der Waals surface area contributed by atoms with Crippen LogP contribution in [0.2, 0.25) is 0 Å². The molecule has 0 aromatic heterocycles. The first-order valence-corrected chi connectivity index (χ1v) is 6.91. The van der Waals surface area contributed by atoms with Crippen LogP contribution in [-0.2, 0) is 16.0 Å². The molecule has 1 unspecified atom stereocenters. The van der Waals surface area contributed by atoms with Gasteiger partial charge in [0.1, 0.15) is 11.6 Å². The molecule has 0 amide bonds. The Morgan fingerprint density at radius 2 is 2.17 bits per heavy atom. The van der Waals surface area contributed by atoms with Gasteiger partial charge in [0, 0.05) is 11.0 Å². The number of ether oxygens (including phenoxy) is 1. The number of rotatable bonds is 1. The van der Waals surface area contributed by atoms with Crippen molar-refractivity contribution in [3.63, 3.8) is 0 Å². The lowest BCUT2D eigenvalue weighted by Crippen LogP contribution is -2.39. The molecule has 3 nitrogen and oxygen atoms in total. The lowest BCUT2D eigenvalue weighted by Gasteiger charge is -2.29. The number of nitrogens with one attached hydrogen (secondary N) is 1. The molecule has 1 aromatic rings. The van der Waals surface area contributed by atoms with Crippen molar-refractivity contribution in [2.24, 2.45) is 0 Å². The fourth-order valence-electron chi connectivity index (χ4n) is 2.10. The van der Waals surface area contributed by atoms with E-state index in [4.69, 9.17) is 4.74 Å². The number of carbonyl (C=O) groups excluding carboxylic acids is 1. The summed E-state index contributed by atoms with van der Waals surface area (Å²) in [5.41, 5.74) is 1.78. The summed E-state index contributed by atoms with van der Waals surface area (Å²) in [6, 6.07) is 5.68. The van der Waals surface area contributed by atoms with Gasteiger partial charge in [-0.05, 0) is 50.5 Å². The fourth-order valence-corrected chi connectivity index (χ4v) is 2.51. The summed E-state index contributed by atoms with van der Waals surface area (Å²) in [6.45, 7) is 6.45. The number of benzene rings is 1. The van der Waals surface area contributed by atoms with E-state index in [0.29, 0.717) is 0 Å². The number of carbonyl (C=O) groups is 1. The minimum Gasteiger partial charge on any atom is -0.459 e. The van der Waals surface area contributed by atoms with Gasteiger partial charge < -0.3 is 10.1 Å². The van der Waals surface area contributed by atoms with E-state index >= 15 is 0 Å². The van der Waals surface area contributed by atoms with E-state index in [2.05, 4.69) is 27.3 Å². The monoisotopic (exact) mass is 311 g/mol. The third-order valence-electron chi connectivity index (χ3n) is 2.80. The third-order valence-corrected chi connectivity index (χ3v) is 3.29. The molecule has 0 saturated carbocycles. The van der Waals surface area contributed by atoms with Crippen LogP contribution in [-0.4, -0.2) is 18.1 Å². The van der Waals surface area contributed by atoms with Gasteiger partial charge in [-0.1, -0.05) is 22.0 Å². The van der Waals surface area contributed by atoms with E-state index < -0.39 is 5.60 Å². The molecule has 1 aromatic carbocycles. The van der Waals surface area contributed by atoms with Crippen LogP contribution in [0, 0.1) is 0 Å². The van der Waals surface area contributed by atoms with Crippen LogP contribution in [0.5, 0.6) is 0 Å². The zero-order valence-electron chi connectivity index (χ0n) is 10.9. The first-order chi connectivity index (χ1) is 8.37. The maximum atomic E-state index is 12.2. The number of hydrogen-bond acceptors (Lipinski definition) is 3. The maximum Gasteiger partial charge on any atom is 0.328 e. The minimum atomic E-state index is -0.453. The Hall–Kier alpha value is -0.870. The van der Waals surface area contributed by atoms with Crippen LogP contribution in [0.4, 0.5) is 0 Å². The zero-order valence-corrected chi connectivity index (χ0v) is 12.5. The van der Waals surface area contributed by atoms with E-state index in [1.807, 2.05) is 32.9 Å². The molecule has 1 N–H and O–H groups in total. The molecular weight excluding hydrogens is 294 g/mol. The molecule has 0 radical (unpaired) electrons. The van der Waals surface area contributed by atoms with Gasteiger partial charge in [0.05, 0.1) is 0 Å². The Bertz CT molecular complexity index is 465. The van der Waals surface area contributed by atoms with Gasteiger partial charge in [0.2, 0.25) is 0 Å². The van der Waals surface area contributed by atoms with Crippen molar-refractivity contribution in [2.45, 2.75) is 38.8 Å². The predicted molar refractivity (Wildman–Crippen MR) is 74.4 cm³/mol. The standard InChI is InChI=1S/C14H18BrNO2/c1-14(2,3)18-13(17)12-11-5-4-10(15)8-9(11)6-7-16-12/h4-5,8,12,16H,6-7H2,1-3H3. The summed E-state index contributed by atoms with van der Waals surface area (Å²) < 4.78 is 6.50. The van der Waals surface area contributed by atoms with E-state index in [1.54, 1.807) is 0 Å². The zero-order chi connectivity index (χ0) is 13.3. The smallest absolute Gasteiger partial charge is 0.328 e. The van der Waals surface area contributed by atoms with E-state index in [1.165, 1.54) is 5.56 Å². The highest BCUT2D eigenvalue weighted by Gasteiger charge is 2.30. The van der Waals surface area contributed by atoms with Gasteiger partial charge >= 0.3 is 5.97 Å². The van der Waals surface area contributed by atoms with Crippen LogP contribution in [0.3, 0.4) is 0 Å². The first kappa shape index (κ1) is 13.6. The molecule has 0 aliphatic carbocycles. The summed E-state index contributed by atoms with van der Waals surface area (Å²) in [7, 11) is 0. The average Bonchev–Trinajstić information content (AvgIpc) is 2.25. The second-order valence-corrected chi connectivity index (χ2v) is 6.43. The van der Waals surface area contributed by atoms with Crippen molar-refractivity contribution in [2.75, 3.05) is 6.54 Å². The van der Waals surface area contributed by atoms with Crippen molar-refractivity contribution in [1.29, 1.82) is 0 Å². The second kappa shape index (κ2) is 5.02. The predicted octanol–water partition coefficient (Wildman–Crippen LogP) is 2.98. The van der Waals surface area contributed by atoms with E-state index in [9.17, 15) is 4.79 Å². The molecule has 98 valence electrons. The third kappa shape index (κ3) is 3.12. The molecule has 1 aliphatic rings. The van der Waals surface area contributed by atoms with Gasteiger partial charge in [0.15, 0.2) is 0 Å². The SMILES string of the molecule is CC(C)(C)OC(=O)C1NCCc2cc(Br)ccc21. The van der Waals surface area contributed by atoms with Crippen LogP contribution in [0.1, 0.15) is 37.9 Å². The molecule has 0 spiro atoms. The van der Waals surface area contributed by atoms with Gasteiger partial charge in [-0.2, -0.15) is 0 Å². The second-order valence-electron chi connectivity index (χ2n) is 5.51. The molecular formula is C14H18BrNO2. The Kier molecular flexibility index (Phi) is 3.78. The first-order valence-electron chi connectivity index (χ1n) is 6.11. The Balaban J connectivity index is 2.25. The van der Waals surface area contributed by atoms with Crippen molar-refractivity contribution in [3.8, 4) is 0 Å². The molecule has 18 heavy (non-hydrogen) atoms. The van der Waals surface area contributed by atoms with Gasteiger partial charge in [-0.15, -0.1) is 0 Å². The van der Waals surface area contributed by atoms with Gasteiger partial charge in [-0.25, -0.2) is 4.79 Å². The number of fused-ring (bicyclic) bond motifs is 1. The van der Waals surface area contributed by atoms with Crippen LogP contribution >= 0.6 is 15.9 Å². The quantitative estimate of drug-likeness (QED) is 0.810. The number of halogens is 1. The summed E-state index contributed by atoms with van der Waals surface area (Å²) in [5.74, 6) is -0.203. The highest BCUT2D eigenvalue weighted by molar-refractivity contribution is 9.10. The Morgan fingerprint density at radius 3 is 2.83 bits per heavy atom. The molecule has 0 saturated heterocycles. The minimum absolute atomic E-state index is 0.203. The molecule has 2 rings (SSSR count). The van der Waals surface area contributed by atoms with E-state index in [-0.39, 0.29) is 12.0 Å².